The predicted molar refractivity (Wildman–Crippen MR) is 91.8 cm³/mol. The Labute approximate surface area is 139 Å². The summed E-state index contributed by atoms with van der Waals surface area (Å²) in [6.45, 7) is 0.719. The summed E-state index contributed by atoms with van der Waals surface area (Å²) in [6.07, 6.45) is 4.80. The highest BCUT2D eigenvalue weighted by molar-refractivity contribution is 7.91. The van der Waals surface area contributed by atoms with Gasteiger partial charge in [0.2, 0.25) is 5.91 Å². The van der Waals surface area contributed by atoms with E-state index < -0.39 is 9.84 Å². The van der Waals surface area contributed by atoms with E-state index >= 15 is 0 Å². The number of benzene rings is 1. The van der Waals surface area contributed by atoms with Crippen LogP contribution in [0.5, 0.6) is 0 Å². The molecule has 1 aliphatic rings. The molecule has 6 heteroatoms. The molecule has 2 atom stereocenters. The molecule has 23 heavy (non-hydrogen) atoms. The molecular weight excluding hydrogens is 312 g/mol. The largest absolute Gasteiger partial charge is 0.351 e. The van der Waals surface area contributed by atoms with E-state index in [0.717, 1.165) is 24.8 Å². The third-order valence-electron chi connectivity index (χ3n) is 4.51. The summed E-state index contributed by atoms with van der Waals surface area (Å²) in [5.74, 6) is -0.0748. The third kappa shape index (κ3) is 5.32. The summed E-state index contributed by atoms with van der Waals surface area (Å²) >= 11 is 0. The van der Waals surface area contributed by atoms with Crippen molar-refractivity contribution in [2.24, 2.45) is 0 Å². The quantitative estimate of drug-likeness (QED) is 0.855. The number of carbonyl (C=O) groups is 1. The second kappa shape index (κ2) is 7.93. The number of nitrogens with one attached hydrogen (secondary N) is 1. The van der Waals surface area contributed by atoms with Crippen LogP contribution in [-0.4, -0.2) is 50.4 Å². The summed E-state index contributed by atoms with van der Waals surface area (Å²) in [6, 6.07) is 9.67. The standard InChI is InChI=1S/C17H26N2O3S/c1-19(15-10-6-7-11-16(15)23(2,21)22)13-17(20)18-12-14-8-4-3-5-9-14/h3-5,8-9,15-16H,6-7,10-13H2,1-2H3,(H,18,20)/t15-,16-/m0/s1. The fourth-order valence-corrected chi connectivity index (χ4v) is 4.79. The second-order valence-corrected chi connectivity index (χ2v) is 8.66. The van der Waals surface area contributed by atoms with Crippen LogP contribution in [0.4, 0.5) is 0 Å². The second-order valence-electron chi connectivity index (χ2n) is 6.40. The molecule has 1 N–H and O–H groups in total. The molecule has 0 unspecified atom stereocenters. The lowest BCUT2D eigenvalue weighted by atomic mass is 9.94. The van der Waals surface area contributed by atoms with Crippen LogP contribution >= 0.6 is 0 Å². The topological polar surface area (TPSA) is 66.5 Å². The summed E-state index contributed by atoms with van der Waals surface area (Å²) in [5.41, 5.74) is 1.05. The van der Waals surface area contributed by atoms with Gasteiger partial charge < -0.3 is 5.32 Å². The van der Waals surface area contributed by atoms with Gasteiger partial charge in [0, 0.05) is 18.8 Å². The zero-order valence-corrected chi connectivity index (χ0v) is 14.7. The van der Waals surface area contributed by atoms with E-state index in [9.17, 15) is 13.2 Å². The molecule has 1 aromatic rings. The van der Waals surface area contributed by atoms with Gasteiger partial charge in [-0.3, -0.25) is 9.69 Å². The molecule has 1 amide bonds. The van der Waals surface area contributed by atoms with Crippen molar-refractivity contribution in [3.8, 4) is 0 Å². The lowest BCUT2D eigenvalue weighted by molar-refractivity contribution is -0.122. The maximum Gasteiger partial charge on any atom is 0.234 e. The summed E-state index contributed by atoms with van der Waals surface area (Å²) < 4.78 is 23.9. The molecule has 2 rings (SSSR count). The van der Waals surface area contributed by atoms with Crippen LogP contribution in [0.25, 0.3) is 0 Å². The number of nitrogens with zero attached hydrogens (tertiary/aromatic N) is 1. The molecule has 128 valence electrons. The van der Waals surface area contributed by atoms with Gasteiger partial charge in [-0.1, -0.05) is 43.2 Å². The maximum absolute atomic E-state index is 12.1. The molecule has 5 nitrogen and oxygen atoms in total. The molecule has 1 fully saturated rings. The van der Waals surface area contributed by atoms with Crippen molar-refractivity contribution in [1.82, 2.24) is 10.2 Å². The van der Waals surface area contributed by atoms with Crippen LogP contribution in [0.2, 0.25) is 0 Å². The van der Waals surface area contributed by atoms with Gasteiger partial charge >= 0.3 is 0 Å². The molecule has 1 aliphatic carbocycles. The first-order valence-corrected chi connectivity index (χ1v) is 10.0. The summed E-state index contributed by atoms with van der Waals surface area (Å²) in [4.78, 5) is 14.0. The minimum Gasteiger partial charge on any atom is -0.351 e. The lowest BCUT2D eigenvalue weighted by Crippen LogP contribution is -2.49. The van der Waals surface area contributed by atoms with Gasteiger partial charge in [-0.05, 0) is 25.5 Å². The molecule has 0 spiro atoms. The van der Waals surface area contributed by atoms with Gasteiger partial charge in [0.15, 0.2) is 9.84 Å². The molecule has 0 heterocycles. The molecule has 1 saturated carbocycles. The van der Waals surface area contributed by atoms with Crippen molar-refractivity contribution in [3.05, 3.63) is 35.9 Å². The van der Waals surface area contributed by atoms with Crippen LogP contribution in [0.15, 0.2) is 30.3 Å². The highest BCUT2D eigenvalue weighted by atomic mass is 32.2. The normalized spacial score (nSPS) is 22.0. The van der Waals surface area contributed by atoms with E-state index in [4.69, 9.17) is 0 Å². The first kappa shape index (κ1) is 17.9. The molecule has 0 aliphatic heterocycles. The SMILES string of the molecule is CN(CC(=O)NCc1ccccc1)[C@H]1CCCC[C@@H]1S(C)(=O)=O. The Morgan fingerprint density at radius 3 is 2.52 bits per heavy atom. The number of likely N-dealkylation sites (N-methyl/N-ethyl adjacent to an activating group) is 1. The van der Waals surface area contributed by atoms with E-state index in [1.807, 2.05) is 42.3 Å². The average molecular weight is 338 g/mol. The number of carbonyl (C=O) groups excluding carboxylic acids is 1. The Hall–Kier alpha value is -1.40. The van der Waals surface area contributed by atoms with E-state index in [-0.39, 0.29) is 23.7 Å². The average Bonchev–Trinajstić information content (AvgIpc) is 2.53. The lowest BCUT2D eigenvalue weighted by Gasteiger charge is -2.36. The highest BCUT2D eigenvalue weighted by Crippen LogP contribution is 2.27. The van der Waals surface area contributed by atoms with Crippen LogP contribution < -0.4 is 5.32 Å². The Kier molecular flexibility index (Phi) is 6.18. The molecular formula is C17H26N2O3S. The monoisotopic (exact) mass is 338 g/mol. The number of rotatable bonds is 6. The summed E-state index contributed by atoms with van der Waals surface area (Å²) in [7, 11) is -1.24. The Balaban J connectivity index is 1.89. The zero-order valence-electron chi connectivity index (χ0n) is 13.9. The van der Waals surface area contributed by atoms with Crippen molar-refractivity contribution in [1.29, 1.82) is 0 Å². The zero-order chi connectivity index (χ0) is 16.9. The van der Waals surface area contributed by atoms with Gasteiger partial charge in [-0.25, -0.2) is 8.42 Å². The number of amides is 1. The van der Waals surface area contributed by atoms with Gasteiger partial charge in [0.1, 0.15) is 0 Å². The van der Waals surface area contributed by atoms with E-state index in [1.54, 1.807) is 0 Å². The first-order chi connectivity index (χ1) is 10.9. The first-order valence-electron chi connectivity index (χ1n) is 8.07. The van der Waals surface area contributed by atoms with Gasteiger partial charge in [0.25, 0.3) is 0 Å². The molecule has 0 aromatic heterocycles. The van der Waals surface area contributed by atoms with Crippen molar-refractivity contribution in [2.45, 2.75) is 43.5 Å². The van der Waals surface area contributed by atoms with Crippen molar-refractivity contribution in [3.63, 3.8) is 0 Å². The Bertz CT molecular complexity index is 616. The van der Waals surface area contributed by atoms with Crippen LogP contribution in [0.3, 0.4) is 0 Å². The smallest absolute Gasteiger partial charge is 0.234 e. The van der Waals surface area contributed by atoms with Crippen molar-refractivity contribution < 1.29 is 13.2 Å². The Morgan fingerprint density at radius 1 is 1.22 bits per heavy atom. The predicted octanol–water partition coefficient (Wildman–Crippen LogP) is 1.59. The molecule has 0 saturated heterocycles. The van der Waals surface area contributed by atoms with Gasteiger partial charge in [-0.2, -0.15) is 0 Å². The fraction of sp³-hybridized carbons (Fsp3) is 0.588. The van der Waals surface area contributed by atoms with E-state index in [2.05, 4.69) is 5.32 Å². The maximum atomic E-state index is 12.1. The molecule has 0 bridgehead atoms. The minimum atomic E-state index is -3.08. The van der Waals surface area contributed by atoms with Crippen molar-refractivity contribution in [2.75, 3.05) is 19.8 Å². The van der Waals surface area contributed by atoms with E-state index in [1.165, 1.54) is 6.26 Å². The summed E-state index contributed by atoms with van der Waals surface area (Å²) in [5, 5.41) is 2.53. The minimum absolute atomic E-state index is 0.0683. The van der Waals surface area contributed by atoms with Crippen LogP contribution in [0.1, 0.15) is 31.2 Å². The molecule has 0 radical (unpaired) electrons. The van der Waals surface area contributed by atoms with Crippen LogP contribution in [-0.2, 0) is 21.2 Å². The number of hydrogen-bond donors (Lipinski definition) is 1. The third-order valence-corrected chi connectivity index (χ3v) is 6.16. The van der Waals surface area contributed by atoms with Crippen LogP contribution in [0, 0.1) is 0 Å². The van der Waals surface area contributed by atoms with Gasteiger partial charge in [-0.15, -0.1) is 0 Å². The number of sulfone groups is 1. The Morgan fingerprint density at radius 2 is 1.87 bits per heavy atom. The molecule has 1 aromatic carbocycles. The fourth-order valence-electron chi connectivity index (χ4n) is 3.28. The number of hydrogen-bond acceptors (Lipinski definition) is 4. The van der Waals surface area contributed by atoms with Gasteiger partial charge in [0.05, 0.1) is 11.8 Å². The van der Waals surface area contributed by atoms with Crippen molar-refractivity contribution >= 4 is 15.7 Å². The van der Waals surface area contributed by atoms with E-state index in [0.29, 0.717) is 13.0 Å². The highest BCUT2D eigenvalue weighted by Gasteiger charge is 2.35.